The van der Waals surface area contributed by atoms with E-state index in [-0.39, 0.29) is 6.61 Å². The molecule has 0 amide bonds. The van der Waals surface area contributed by atoms with Crippen molar-refractivity contribution < 1.29 is 9.84 Å². The van der Waals surface area contributed by atoms with Crippen molar-refractivity contribution in [3.63, 3.8) is 0 Å². The van der Waals surface area contributed by atoms with E-state index < -0.39 is 0 Å². The molecule has 0 atom stereocenters. The Bertz CT molecular complexity index is 549. The lowest BCUT2D eigenvalue weighted by molar-refractivity contribution is 0.299. The second-order valence-electron chi connectivity index (χ2n) is 4.83. The molecular weight excluding hydrogens is 250 g/mol. The number of aliphatic hydroxyl groups is 1. The van der Waals surface area contributed by atoms with E-state index in [4.69, 9.17) is 9.84 Å². The van der Waals surface area contributed by atoms with Crippen molar-refractivity contribution in [2.75, 3.05) is 19.0 Å². The second kappa shape index (κ2) is 6.96. The van der Waals surface area contributed by atoms with Crippen molar-refractivity contribution in [1.29, 1.82) is 0 Å². The van der Waals surface area contributed by atoms with Crippen LogP contribution >= 0.6 is 0 Å². The van der Waals surface area contributed by atoms with Crippen molar-refractivity contribution in [2.24, 2.45) is 0 Å². The van der Waals surface area contributed by atoms with Gasteiger partial charge in [0.2, 0.25) is 0 Å². The van der Waals surface area contributed by atoms with E-state index >= 15 is 0 Å². The molecule has 0 saturated carbocycles. The van der Waals surface area contributed by atoms with Gasteiger partial charge in [-0.05, 0) is 48.2 Å². The Morgan fingerprint density at radius 2 is 1.75 bits per heavy atom. The summed E-state index contributed by atoms with van der Waals surface area (Å²) < 4.78 is 5.33. The molecule has 0 heterocycles. The summed E-state index contributed by atoms with van der Waals surface area (Å²) in [5.74, 6) is 0.919. The van der Waals surface area contributed by atoms with Gasteiger partial charge in [0.25, 0.3) is 0 Å². The average Bonchev–Trinajstić information content (AvgIpc) is 2.48. The van der Waals surface area contributed by atoms with E-state index in [0.29, 0.717) is 6.42 Å². The van der Waals surface area contributed by atoms with Crippen LogP contribution in [-0.4, -0.2) is 18.8 Å². The SMILES string of the molecule is COc1cc(CNc2ccc(CCO)cc2)ccc1C. The van der Waals surface area contributed by atoms with Crippen molar-refractivity contribution in [3.05, 3.63) is 59.2 Å². The van der Waals surface area contributed by atoms with Crippen LogP contribution in [-0.2, 0) is 13.0 Å². The van der Waals surface area contributed by atoms with Gasteiger partial charge in [0.1, 0.15) is 5.75 Å². The fraction of sp³-hybridized carbons (Fsp3) is 0.294. The van der Waals surface area contributed by atoms with Crippen LogP contribution in [0.1, 0.15) is 16.7 Å². The predicted molar refractivity (Wildman–Crippen MR) is 82.3 cm³/mol. The maximum Gasteiger partial charge on any atom is 0.122 e. The molecule has 0 aliphatic carbocycles. The van der Waals surface area contributed by atoms with Gasteiger partial charge in [-0.25, -0.2) is 0 Å². The number of methoxy groups -OCH3 is 1. The van der Waals surface area contributed by atoms with Crippen LogP contribution in [0.5, 0.6) is 5.75 Å². The van der Waals surface area contributed by atoms with Crippen LogP contribution in [0.15, 0.2) is 42.5 Å². The molecule has 2 rings (SSSR count). The van der Waals surface area contributed by atoms with Crippen LogP contribution in [0, 0.1) is 6.92 Å². The molecule has 106 valence electrons. The van der Waals surface area contributed by atoms with E-state index in [1.54, 1.807) is 7.11 Å². The van der Waals surface area contributed by atoms with Gasteiger partial charge < -0.3 is 15.2 Å². The van der Waals surface area contributed by atoms with Gasteiger partial charge in [-0.3, -0.25) is 0 Å². The lowest BCUT2D eigenvalue weighted by Crippen LogP contribution is -2.00. The molecule has 0 aromatic heterocycles. The van der Waals surface area contributed by atoms with E-state index in [2.05, 4.69) is 23.5 Å². The van der Waals surface area contributed by atoms with E-state index in [9.17, 15) is 0 Å². The molecule has 3 nitrogen and oxygen atoms in total. The smallest absolute Gasteiger partial charge is 0.122 e. The fourth-order valence-corrected chi connectivity index (χ4v) is 2.10. The van der Waals surface area contributed by atoms with Crippen LogP contribution in [0.4, 0.5) is 5.69 Å². The zero-order chi connectivity index (χ0) is 14.4. The van der Waals surface area contributed by atoms with Gasteiger partial charge in [0.05, 0.1) is 7.11 Å². The molecule has 0 fully saturated rings. The summed E-state index contributed by atoms with van der Waals surface area (Å²) in [6, 6.07) is 14.4. The van der Waals surface area contributed by atoms with Crippen molar-refractivity contribution in [1.82, 2.24) is 0 Å². The first-order chi connectivity index (χ1) is 9.72. The second-order valence-corrected chi connectivity index (χ2v) is 4.83. The Morgan fingerprint density at radius 1 is 1.05 bits per heavy atom. The number of hydrogen-bond donors (Lipinski definition) is 2. The fourth-order valence-electron chi connectivity index (χ4n) is 2.10. The number of anilines is 1. The first kappa shape index (κ1) is 14.4. The molecule has 0 spiro atoms. The number of ether oxygens (including phenoxy) is 1. The Morgan fingerprint density at radius 3 is 2.40 bits per heavy atom. The number of hydrogen-bond acceptors (Lipinski definition) is 3. The molecular formula is C17H21NO2. The zero-order valence-electron chi connectivity index (χ0n) is 12.0. The number of nitrogens with one attached hydrogen (secondary N) is 1. The third-order valence-corrected chi connectivity index (χ3v) is 3.32. The quantitative estimate of drug-likeness (QED) is 0.848. The van der Waals surface area contributed by atoms with Gasteiger partial charge in [-0.2, -0.15) is 0 Å². The summed E-state index contributed by atoms with van der Waals surface area (Å²) in [7, 11) is 1.69. The summed E-state index contributed by atoms with van der Waals surface area (Å²) >= 11 is 0. The minimum absolute atomic E-state index is 0.190. The van der Waals surface area contributed by atoms with Crippen LogP contribution in [0.3, 0.4) is 0 Å². The van der Waals surface area contributed by atoms with Crippen molar-refractivity contribution in [3.8, 4) is 5.75 Å². The van der Waals surface area contributed by atoms with Crippen LogP contribution in [0.25, 0.3) is 0 Å². The number of rotatable bonds is 6. The minimum Gasteiger partial charge on any atom is -0.496 e. The van der Waals surface area contributed by atoms with Gasteiger partial charge >= 0.3 is 0 Å². The minimum atomic E-state index is 0.190. The van der Waals surface area contributed by atoms with Crippen LogP contribution in [0.2, 0.25) is 0 Å². The average molecular weight is 271 g/mol. The largest absolute Gasteiger partial charge is 0.496 e. The van der Waals surface area contributed by atoms with E-state index in [1.807, 2.05) is 31.2 Å². The van der Waals surface area contributed by atoms with Gasteiger partial charge in [-0.15, -0.1) is 0 Å². The highest BCUT2D eigenvalue weighted by molar-refractivity contribution is 5.46. The Labute approximate surface area is 120 Å². The maximum atomic E-state index is 8.89. The van der Waals surface area contributed by atoms with Gasteiger partial charge in [-0.1, -0.05) is 24.3 Å². The molecule has 0 aliphatic rings. The van der Waals surface area contributed by atoms with Crippen molar-refractivity contribution >= 4 is 5.69 Å². The van der Waals surface area contributed by atoms with Gasteiger partial charge in [0.15, 0.2) is 0 Å². The summed E-state index contributed by atoms with van der Waals surface area (Å²) in [5.41, 5.74) is 4.55. The van der Waals surface area contributed by atoms with E-state index in [0.717, 1.165) is 29.1 Å². The highest BCUT2D eigenvalue weighted by atomic mass is 16.5. The number of benzene rings is 2. The summed E-state index contributed by atoms with van der Waals surface area (Å²) in [6.07, 6.45) is 0.704. The predicted octanol–water partition coefficient (Wildman–Crippen LogP) is 3.15. The summed E-state index contributed by atoms with van der Waals surface area (Å²) in [5, 5.41) is 12.3. The lowest BCUT2D eigenvalue weighted by atomic mass is 10.1. The summed E-state index contributed by atoms with van der Waals surface area (Å²) in [4.78, 5) is 0. The molecule has 0 unspecified atom stereocenters. The topological polar surface area (TPSA) is 41.5 Å². The van der Waals surface area contributed by atoms with Crippen LogP contribution < -0.4 is 10.1 Å². The molecule has 2 N–H and O–H groups in total. The first-order valence-corrected chi connectivity index (χ1v) is 6.80. The molecule has 0 saturated heterocycles. The summed E-state index contributed by atoms with van der Waals surface area (Å²) in [6.45, 7) is 2.99. The third kappa shape index (κ3) is 3.75. The maximum absolute atomic E-state index is 8.89. The Balaban J connectivity index is 1.97. The Hall–Kier alpha value is -2.00. The monoisotopic (exact) mass is 271 g/mol. The van der Waals surface area contributed by atoms with E-state index in [1.165, 1.54) is 5.56 Å². The molecule has 2 aromatic carbocycles. The third-order valence-electron chi connectivity index (χ3n) is 3.32. The highest BCUT2D eigenvalue weighted by Crippen LogP contribution is 2.20. The molecule has 0 aliphatic heterocycles. The van der Waals surface area contributed by atoms with Crippen molar-refractivity contribution in [2.45, 2.75) is 19.9 Å². The number of aliphatic hydroxyl groups excluding tert-OH is 1. The zero-order valence-corrected chi connectivity index (χ0v) is 12.0. The number of aryl methyl sites for hydroxylation is 1. The molecule has 0 bridgehead atoms. The Kier molecular flexibility index (Phi) is 5.02. The van der Waals surface area contributed by atoms with Gasteiger partial charge in [0, 0.05) is 18.8 Å². The normalized spacial score (nSPS) is 10.3. The molecule has 0 radical (unpaired) electrons. The lowest BCUT2D eigenvalue weighted by Gasteiger charge is -2.10. The molecule has 20 heavy (non-hydrogen) atoms. The molecule has 2 aromatic rings. The molecule has 3 heteroatoms. The first-order valence-electron chi connectivity index (χ1n) is 6.80. The highest BCUT2D eigenvalue weighted by Gasteiger charge is 2.00. The standard InChI is InChI=1S/C17H21NO2/c1-13-3-4-15(11-17(13)20-2)12-18-16-7-5-14(6-8-16)9-10-19/h3-8,11,18-19H,9-10,12H2,1-2H3.